The first-order valence-corrected chi connectivity index (χ1v) is 11.8. The van der Waals surface area contributed by atoms with Crippen LogP contribution in [0.5, 0.6) is 0 Å². The largest absolute Gasteiger partial charge is 0.275 e. The van der Waals surface area contributed by atoms with Crippen molar-refractivity contribution in [3.63, 3.8) is 0 Å². The Hall–Kier alpha value is -3.88. The van der Waals surface area contributed by atoms with Crippen LogP contribution < -0.4 is 4.31 Å². The van der Waals surface area contributed by atoms with Crippen LogP contribution in [0.3, 0.4) is 0 Å². The van der Waals surface area contributed by atoms with E-state index >= 15 is 0 Å². The van der Waals surface area contributed by atoms with Crippen LogP contribution in [0.1, 0.15) is 16.7 Å². The van der Waals surface area contributed by atoms with Gasteiger partial charge in [0.05, 0.1) is 10.6 Å². The van der Waals surface area contributed by atoms with Crippen LogP contribution in [-0.4, -0.2) is 8.42 Å². The fourth-order valence-electron chi connectivity index (χ4n) is 3.35. The van der Waals surface area contributed by atoms with Crippen molar-refractivity contribution < 1.29 is 12.8 Å². The molecule has 0 aromatic heterocycles. The highest BCUT2D eigenvalue weighted by Crippen LogP contribution is 2.26. The fourth-order valence-corrected chi connectivity index (χ4v) is 4.61. The number of benzene rings is 4. The molecule has 0 aliphatic heterocycles. The molecule has 164 valence electrons. The molecule has 0 saturated heterocycles. The van der Waals surface area contributed by atoms with Gasteiger partial charge in [0.2, 0.25) is 0 Å². The average molecular weight is 456 g/mol. The van der Waals surface area contributed by atoms with Gasteiger partial charge in [-0.05, 0) is 67.8 Å². The topological polar surface area (TPSA) is 37.4 Å². The Balaban J connectivity index is 1.84. The smallest absolute Gasteiger partial charge is 0.207 e. The number of anilines is 1. The van der Waals surface area contributed by atoms with Crippen molar-refractivity contribution in [1.29, 1.82) is 0 Å². The third kappa shape index (κ3) is 4.97. The van der Waals surface area contributed by atoms with Gasteiger partial charge in [-0.15, -0.1) is 0 Å². The number of hydrogen-bond donors (Lipinski definition) is 0. The summed E-state index contributed by atoms with van der Waals surface area (Å²) < 4.78 is 42.1. The zero-order chi connectivity index (χ0) is 23.4. The summed E-state index contributed by atoms with van der Waals surface area (Å²) >= 11 is 0. The first kappa shape index (κ1) is 22.3. The van der Waals surface area contributed by atoms with Gasteiger partial charge < -0.3 is 0 Å². The molecule has 0 atom stereocenters. The van der Waals surface area contributed by atoms with Gasteiger partial charge in [0.15, 0.2) is 0 Å². The Bertz CT molecular complexity index is 1430. The van der Waals surface area contributed by atoms with Gasteiger partial charge in [-0.1, -0.05) is 65.7 Å². The summed E-state index contributed by atoms with van der Waals surface area (Å²) in [5.41, 5.74) is 4.40. The zero-order valence-corrected chi connectivity index (χ0v) is 19.1. The first-order chi connectivity index (χ1) is 15.8. The highest BCUT2D eigenvalue weighted by atomic mass is 32.2. The molecule has 0 aliphatic rings. The molecule has 0 N–H and O–H groups in total. The SMILES string of the molecule is Cc1ccc(-c2cc(F)ccc2C#CN(c2ccccc2)S(=O)(=O)c2ccc(C)cc2)cc1. The monoisotopic (exact) mass is 455 g/mol. The lowest BCUT2D eigenvalue weighted by Gasteiger charge is -2.18. The molecule has 0 radical (unpaired) electrons. The number of hydrogen-bond acceptors (Lipinski definition) is 2. The second-order valence-corrected chi connectivity index (χ2v) is 9.50. The summed E-state index contributed by atoms with van der Waals surface area (Å²) in [6.45, 7) is 3.87. The van der Waals surface area contributed by atoms with E-state index in [-0.39, 0.29) is 10.7 Å². The number of halogens is 1. The second-order valence-electron chi connectivity index (χ2n) is 7.71. The molecule has 0 heterocycles. The first-order valence-electron chi connectivity index (χ1n) is 10.4. The van der Waals surface area contributed by atoms with Gasteiger partial charge in [0, 0.05) is 17.2 Å². The van der Waals surface area contributed by atoms with E-state index in [0.717, 1.165) is 21.0 Å². The van der Waals surface area contributed by atoms with Crippen molar-refractivity contribution in [2.75, 3.05) is 4.31 Å². The van der Waals surface area contributed by atoms with E-state index in [1.165, 1.54) is 12.1 Å². The normalized spacial score (nSPS) is 10.9. The van der Waals surface area contributed by atoms with Gasteiger partial charge in [-0.3, -0.25) is 0 Å². The number of rotatable bonds is 4. The summed E-state index contributed by atoms with van der Waals surface area (Å²) in [5, 5.41) is 0. The number of para-hydroxylation sites is 1. The lowest BCUT2D eigenvalue weighted by molar-refractivity contribution is 0.596. The molecule has 0 bridgehead atoms. The summed E-state index contributed by atoms with van der Waals surface area (Å²) in [6.07, 6.45) is 0. The second kappa shape index (κ2) is 9.32. The van der Waals surface area contributed by atoms with Crippen LogP contribution in [0, 0.1) is 31.6 Å². The Morgan fingerprint density at radius 3 is 2.00 bits per heavy atom. The Morgan fingerprint density at radius 2 is 1.36 bits per heavy atom. The van der Waals surface area contributed by atoms with Crippen LogP contribution in [0.4, 0.5) is 10.1 Å². The third-order valence-electron chi connectivity index (χ3n) is 5.19. The van der Waals surface area contributed by atoms with Crippen LogP contribution in [0.2, 0.25) is 0 Å². The van der Waals surface area contributed by atoms with E-state index in [2.05, 4.69) is 12.0 Å². The third-order valence-corrected chi connectivity index (χ3v) is 6.84. The van der Waals surface area contributed by atoms with Crippen LogP contribution >= 0.6 is 0 Å². The highest BCUT2D eigenvalue weighted by molar-refractivity contribution is 7.93. The van der Waals surface area contributed by atoms with Gasteiger partial charge in [0.25, 0.3) is 10.0 Å². The van der Waals surface area contributed by atoms with E-state index < -0.39 is 10.0 Å². The molecule has 0 fully saturated rings. The predicted octanol–water partition coefficient (Wildman–Crippen LogP) is 6.31. The quantitative estimate of drug-likeness (QED) is 0.267. The number of nitrogens with zero attached hydrogens (tertiary/aromatic N) is 1. The van der Waals surface area contributed by atoms with Crippen molar-refractivity contribution >= 4 is 15.7 Å². The van der Waals surface area contributed by atoms with Crippen LogP contribution in [0.15, 0.2) is 102 Å². The van der Waals surface area contributed by atoms with Crippen molar-refractivity contribution in [3.05, 3.63) is 120 Å². The maximum atomic E-state index is 14.1. The highest BCUT2D eigenvalue weighted by Gasteiger charge is 2.23. The lowest BCUT2D eigenvalue weighted by atomic mass is 9.99. The molecule has 0 saturated carbocycles. The van der Waals surface area contributed by atoms with E-state index in [1.54, 1.807) is 54.6 Å². The lowest BCUT2D eigenvalue weighted by Crippen LogP contribution is -2.26. The van der Waals surface area contributed by atoms with Crippen LogP contribution in [0.25, 0.3) is 11.1 Å². The molecular weight excluding hydrogens is 433 g/mol. The Kier molecular flexibility index (Phi) is 6.30. The minimum Gasteiger partial charge on any atom is -0.207 e. The van der Waals surface area contributed by atoms with Crippen molar-refractivity contribution in [2.45, 2.75) is 18.7 Å². The van der Waals surface area contributed by atoms with Crippen molar-refractivity contribution in [3.8, 4) is 23.1 Å². The van der Waals surface area contributed by atoms with E-state index in [0.29, 0.717) is 16.8 Å². The van der Waals surface area contributed by atoms with Crippen molar-refractivity contribution in [1.82, 2.24) is 0 Å². The summed E-state index contributed by atoms with van der Waals surface area (Å²) in [6, 6.07) is 30.1. The minimum atomic E-state index is -3.95. The molecule has 4 rings (SSSR count). The summed E-state index contributed by atoms with van der Waals surface area (Å²) in [4.78, 5) is 0.143. The van der Waals surface area contributed by atoms with Crippen molar-refractivity contribution in [2.24, 2.45) is 0 Å². The molecule has 0 unspecified atom stereocenters. The summed E-state index contributed by atoms with van der Waals surface area (Å²) in [7, 11) is -3.95. The summed E-state index contributed by atoms with van der Waals surface area (Å²) in [5.74, 6) is 2.58. The van der Waals surface area contributed by atoms with Gasteiger partial charge in [0.1, 0.15) is 5.82 Å². The Labute approximate surface area is 194 Å². The van der Waals surface area contributed by atoms with E-state index in [4.69, 9.17) is 0 Å². The van der Waals surface area contributed by atoms with E-state index in [9.17, 15) is 12.8 Å². The zero-order valence-electron chi connectivity index (χ0n) is 18.3. The molecule has 33 heavy (non-hydrogen) atoms. The maximum Gasteiger partial charge on any atom is 0.275 e. The molecule has 4 aromatic rings. The molecule has 0 amide bonds. The molecule has 0 aliphatic carbocycles. The molecule has 4 aromatic carbocycles. The standard InChI is InChI=1S/C28H22FNO2S/c1-21-8-12-23(13-9-21)28-20-25(29)15-14-24(28)18-19-30(26-6-4-3-5-7-26)33(31,32)27-16-10-22(2)11-17-27/h3-17,20H,1-2H3. The maximum absolute atomic E-state index is 14.1. The molecule has 3 nitrogen and oxygen atoms in total. The van der Waals surface area contributed by atoms with Gasteiger partial charge >= 0.3 is 0 Å². The number of sulfonamides is 1. The predicted molar refractivity (Wildman–Crippen MR) is 131 cm³/mol. The van der Waals surface area contributed by atoms with Crippen LogP contribution in [-0.2, 0) is 10.0 Å². The molecular formula is C28H22FNO2S. The number of aryl methyl sites for hydroxylation is 2. The molecule has 0 spiro atoms. The fraction of sp³-hybridized carbons (Fsp3) is 0.0714. The average Bonchev–Trinajstić information content (AvgIpc) is 2.81. The Morgan fingerprint density at radius 1 is 0.758 bits per heavy atom. The van der Waals surface area contributed by atoms with Gasteiger partial charge in [-0.2, -0.15) is 4.31 Å². The molecule has 5 heteroatoms. The van der Waals surface area contributed by atoms with E-state index in [1.807, 2.05) is 44.2 Å². The van der Waals surface area contributed by atoms with Gasteiger partial charge in [-0.25, -0.2) is 12.8 Å². The minimum absolute atomic E-state index is 0.143.